The number of benzene rings is 1. The smallest absolute Gasteiger partial charge is 0.341 e. The van der Waals surface area contributed by atoms with Gasteiger partial charge in [-0.2, -0.15) is 0 Å². The molecule has 2 aliphatic rings. The van der Waals surface area contributed by atoms with Crippen LogP contribution in [0.4, 0.5) is 4.39 Å². The van der Waals surface area contributed by atoms with Crippen molar-refractivity contribution in [1.82, 2.24) is 4.57 Å². The maximum absolute atomic E-state index is 14.9. The zero-order chi connectivity index (χ0) is 22.3. The Morgan fingerprint density at radius 1 is 1.29 bits per heavy atom. The van der Waals surface area contributed by atoms with Gasteiger partial charge in [0.15, 0.2) is 11.6 Å². The second kappa shape index (κ2) is 8.34. The van der Waals surface area contributed by atoms with Crippen molar-refractivity contribution in [2.45, 2.75) is 45.3 Å². The standard InChI is InChI=1S/C23H26FNO6/c1-12(2)21-15-9-16(23(27)28)22(26)25(13-5-6-13)20(15)14-10-17(24)19(11-18(14)31-21)30-8-4-7-29-3/h9-13,21H,4-8H2,1-3H3,(H,27,28). The van der Waals surface area contributed by atoms with E-state index in [4.69, 9.17) is 14.2 Å². The fourth-order valence-corrected chi connectivity index (χ4v) is 4.00. The molecule has 1 saturated carbocycles. The number of nitrogens with zero attached hydrogens (tertiary/aromatic N) is 1. The number of hydrogen-bond donors (Lipinski definition) is 1. The summed E-state index contributed by atoms with van der Waals surface area (Å²) >= 11 is 0. The highest BCUT2D eigenvalue weighted by Gasteiger charge is 2.38. The maximum Gasteiger partial charge on any atom is 0.341 e. The Balaban J connectivity index is 1.88. The molecule has 166 valence electrons. The first kappa shape index (κ1) is 21.4. The topological polar surface area (TPSA) is 87.0 Å². The summed E-state index contributed by atoms with van der Waals surface area (Å²) in [6.07, 6.45) is 1.70. The van der Waals surface area contributed by atoms with Crippen molar-refractivity contribution in [2.75, 3.05) is 20.3 Å². The van der Waals surface area contributed by atoms with Crippen molar-refractivity contribution in [3.05, 3.63) is 45.5 Å². The van der Waals surface area contributed by atoms with E-state index in [-0.39, 0.29) is 23.3 Å². The van der Waals surface area contributed by atoms with Crippen molar-refractivity contribution in [1.29, 1.82) is 0 Å². The molecule has 0 bridgehead atoms. The largest absolute Gasteiger partial charge is 0.490 e. The zero-order valence-corrected chi connectivity index (χ0v) is 17.8. The van der Waals surface area contributed by atoms with Crippen molar-refractivity contribution < 1.29 is 28.5 Å². The third-order valence-electron chi connectivity index (χ3n) is 5.61. The molecule has 0 radical (unpaired) electrons. The predicted octanol–water partition coefficient (Wildman–Crippen LogP) is 4.19. The molecule has 0 amide bonds. The highest BCUT2D eigenvalue weighted by molar-refractivity contribution is 5.89. The van der Waals surface area contributed by atoms with Crippen LogP contribution in [-0.2, 0) is 4.74 Å². The second-order valence-electron chi connectivity index (χ2n) is 8.33. The number of carbonyl (C=O) groups is 1. The molecule has 1 aliphatic heterocycles. The summed E-state index contributed by atoms with van der Waals surface area (Å²) in [6.45, 7) is 4.71. The molecule has 1 aromatic heterocycles. The number of pyridine rings is 1. The molecule has 1 aliphatic carbocycles. The van der Waals surface area contributed by atoms with Gasteiger partial charge in [-0.3, -0.25) is 4.79 Å². The number of aromatic nitrogens is 1. The van der Waals surface area contributed by atoms with Gasteiger partial charge in [0.25, 0.3) is 5.56 Å². The van der Waals surface area contributed by atoms with Gasteiger partial charge in [0.1, 0.15) is 17.4 Å². The van der Waals surface area contributed by atoms with E-state index in [1.165, 1.54) is 22.8 Å². The molecule has 8 heteroatoms. The summed E-state index contributed by atoms with van der Waals surface area (Å²) < 4.78 is 33.2. The lowest BCUT2D eigenvalue weighted by molar-refractivity contribution is 0.0693. The minimum atomic E-state index is -1.28. The van der Waals surface area contributed by atoms with E-state index in [0.29, 0.717) is 42.2 Å². The molecule has 1 aromatic carbocycles. The molecule has 2 aromatic rings. The van der Waals surface area contributed by atoms with Gasteiger partial charge in [-0.1, -0.05) is 13.8 Å². The van der Waals surface area contributed by atoms with Gasteiger partial charge in [-0.05, 0) is 30.9 Å². The summed E-state index contributed by atoms with van der Waals surface area (Å²) in [7, 11) is 1.59. The monoisotopic (exact) mass is 431 g/mol. The van der Waals surface area contributed by atoms with E-state index in [9.17, 15) is 19.1 Å². The number of rotatable bonds is 8. The van der Waals surface area contributed by atoms with E-state index in [1.54, 1.807) is 7.11 Å². The third kappa shape index (κ3) is 3.92. The van der Waals surface area contributed by atoms with Crippen LogP contribution in [0.2, 0.25) is 0 Å². The van der Waals surface area contributed by atoms with Crippen LogP contribution in [0.3, 0.4) is 0 Å². The van der Waals surface area contributed by atoms with Crippen molar-refractivity contribution in [2.24, 2.45) is 5.92 Å². The molecular formula is C23H26FNO6. The molecule has 4 rings (SSSR count). The predicted molar refractivity (Wildman–Crippen MR) is 112 cm³/mol. The fraction of sp³-hybridized carbons (Fsp3) is 0.478. The van der Waals surface area contributed by atoms with Gasteiger partial charge in [-0.15, -0.1) is 0 Å². The summed E-state index contributed by atoms with van der Waals surface area (Å²) in [5.74, 6) is -1.35. The quantitative estimate of drug-likeness (QED) is 0.631. The highest BCUT2D eigenvalue weighted by atomic mass is 19.1. The first-order valence-corrected chi connectivity index (χ1v) is 10.5. The van der Waals surface area contributed by atoms with E-state index < -0.39 is 23.4 Å². The SMILES string of the molecule is COCCCOc1cc2c(cc1F)-c1c(cc(C(=O)O)c(=O)n1C1CC1)C(C(C)C)O2. The maximum atomic E-state index is 14.9. The van der Waals surface area contributed by atoms with Crippen LogP contribution < -0.4 is 15.0 Å². The fourth-order valence-electron chi connectivity index (χ4n) is 4.00. The Morgan fingerprint density at radius 2 is 2.03 bits per heavy atom. The molecule has 7 nitrogen and oxygen atoms in total. The summed E-state index contributed by atoms with van der Waals surface area (Å²) in [4.78, 5) is 24.7. The van der Waals surface area contributed by atoms with E-state index >= 15 is 0 Å². The summed E-state index contributed by atoms with van der Waals surface area (Å²) in [5, 5.41) is 9.58. The van der Waals surface area contributed by atoms with Crippen LogP contribution in [0, 0.1) is 11.7 Å². The normalized spacial score (nSPS) is 17.1. The van der Waals surface area contributed by atoms with Crippen LogP contribution in [-0.4, -0.2) is 36.0 Å². The first-order chi connectivity index (χ1) is 14.8. The number of fused-ring (bicyclic) bond motifs is 3. The number of methoxy groups -OCH3 is 1. The molecule has 31 heavy (non-hydrogen) atoms. The van der Waals surface area contributed by atoms with Gasteiger partial charge in [0.05, 0.1) is 12.3 Å². The second-order valence-corrected chi connectivity index (χ2v) is 8.33. The van der Waals surface area contributed by atoms with Crippen molar-refractivity contribution in [3.8, 4) is 22.8 Å². The van der Waals surface area contributed by atoms with Crippen molar-refractivity contribution >= 4 is 5.97 Å². The minimum absolute atomic E-state index is 0.00479. The number of carboxylic acid groups (broad SMARTS) is 1. The lowest BCUT2D eigenvalue weighted by atomic mass is 9.90. The lowest BCUT2D eigenvalue weighted by Gasteiger charge is -2.33. The zero-order valence-electron chi connectivity index (χ0n) is 17.8. The van der Waals surface area contributed by atoms with Crippen LogP contribution >= 0.6 is 0 Å². The number of carboxylic acids is 1. The number of ether oxygens (including phenoxy) is 3. The molecule has 1 fully saturated rings. The number of aromatic carboxylic acids is 1. The molecule has 2 heterocycles. The Hall–Kier alpha value is -2.87. The minimum Gasteiger partial charge on any atom is -0.490 e. The van der Waals surface area contributed by atoms with Gasteiger partial charge in [0, 0.05) is 43.4 Å². The summed E-state index contributed by atoms with van der Waals surface area (Å²) in [6, 6.07) is 4.13. The van der Waals surface area contributed by atoms with Crippen LogP contribution in [0.15, 0.2) is 23.0 Å². The van der Waals surface area contributed by atoms with Crippen LogP contribution in [0.25, 0.3) is 11.3 Å². The molecule has 1 unspecified atom stereocenters. The molecule has 0 spiro atoms. The first-order valence-electron chi connectivity index (χ1n) is 10.5. The molecule has 1 atom stereocenters. The Bertz CT molecular complexity index is 1070. The molecular weight excluding hydrogens is 405 g/mol. The number of halogens is 1. The van der Waals surface area contributed by atoms with Crippen LogP contribution in [0.5, 0.6) is 11.5 Å². The highest BCUT2D eigenvalue weighted by Crippen LogP contribution is 2.49. The Morgan fingerprint density at radius 3 is 2.65 bits per heavy atom. The average Bonchev–Trinajstić information content (AvgIpc) is 3.55. The van der Waals surface area contributed by atoms with Gasteiger partial charge >= 0.3 is 5.97 Å². The van der Waals surface area contributed by atoms with Gasteiger partial charge in [-0.25, -0.2) is 9.18 Å². The van der Waals surface area contributed by atoms with E-state index in [1.807, 2.05) is 13.8 Å². The molecule has 1 N–H and O–H groups in total. The summed E-state index contributed by atoms with van der Waals surface area (Å²) in [5.41, 5.74) is 0.725. The Kier molecular flexibility index (Phi) is 5.75. The van der Waals surface area contributed by atoms with Crippen molar-refractivity contribution in [3.63, 3.8) is 0 Å². The van der Waals surface area contributed by atoms with Crippen LogP contribution in [0.1, 0.15) is 61.2 Å². The number of hydrogen-bond acceptors (Lipinski definition) is 5. The molecule has 0 saturated heterocycles. The lowest BCUT2D eigenvalue weighted by Crippen LogP contribution is -2.32. The van der Waals surface area contributed by atoms with E-state index in [2.05, 4.69) is 0 Å². The van der Waals surface area contributed by atoms with Gasteiger partial charge < -0.3 is 23.9 Å². The van der Waals surface area contributed by atoms with Gasteiger partial charge in [0.2, 0.25) is 0 Å². The Labute approximate surface area is 179 Å². The van der Waals surface area contributed by atoms with E-state index in [0.717, 1.165) is 12.8 Å². The average molecular weight is 431 g/mol. The third-order valence-corrected chi connectivity index (χ3v) is 5.61.